The number of carbonyl (C=O) groups is 4. The lowest BCUT2D eigenvalue weighted by molar-refractivity contribution is -0.152. The Morgan fingerprint density at radius 1 is 1.23 bits per heavy atom. The Hall–Kier alpha value is -2.12. The molecule has 1 aliphatic heterocycles. The van der Waals surface area contributed by atoms with E-state index < -0.39 is 30.4 Å². The molecule has 0 aromatic rings. The van der Waals surface area contributed by atoms with Gasteiger partial charge in [0.05, 0.1) is 5.92 Å². The van der Waals surface area contributed by atoms with Crippen LogP contribution in [0.5, 0.6) is 0 Å². The number of nitrogens with one attached hydrogen (secondary N) is 2. The Morgan fingerprint density at radius 3 is 2.58 bits per heavy atom. The van der Waals surface area contributed by atoms with Crippen LogP contribution in [0.4, 0.5) is 4.79 Å². The SMILES string of the molecule is CC(C)CCNC(=O)NC(=O)COC(=O)[C@@H]1CC(=O)N(C2CCCC2)C1. The van der Waals surface area contributed by atoms with Crippen LogP contribution in [0.2, 0.25) is 0 Å². The van der Waals surface area contributed by atoms with E-state index in [0.717, 1.165) is 32.1 Å². The van der Waals surface area contributed by atoms with Crippen molar-refractivity contribution in [3.05, 3.63) is 0 Å². The van der Waals surface area contributed by atoms with Crippen molar-refractivity contribution in [1.82, 2.24) is 15.5 Å². The molecule has 4 amide bonds. The average molecular weight is 367 g/mol. The monoisotopic (exact) mass is 367 g/mol. The molecule has 1 atom stereocenters. The summed E-state index contributed by atoms with van der Waals surface area (Å²) in [6, 6.07) is -0.367. The second-order valence-corrected chi connectivity index (χ2v) is 7.48. The first kappa shape index (κ1) is 20.2. The molecule has 26 heavy (non-hydrogen) atoms. The molecule has 1 aliphatic carbocycles. The van der Waals surface area contributed by atoms with Crippen molar-refractivity contribution in [3.8, 4) is 0 Å². The normalized spacial score (nSPS) is 20.5. The summed E-state index contributed by atoms with van der Waals surface area (Å²) in [7, 11) is 0. The largest absolute Gasteiger partial charge is 0.455 e. The van der Waals surface area contributed by atoms with E-state index in [-0.39, 0.29) is 18.4 Å². The lowest BCUT2D eigenvalue weighted by Gasteiger charge is -2.23. The molecule has 0 radical (unpaired) electrons. The molecule has 1 heterocycles. The summed E-state index contributed by atoms with van der Waals surface area (Å²) in [6.07, 6.45) is 5.14. The molecule has 2 aliphatic rings. The van der Waals surface area contributed by atoms with Crippen LogP contribution in [-0.4, -0.2) is 54.5 Å². The number of likely N-dealkylation sites (tertiary alicyclic amines) is 1. The number of esters is 1. The average Bonchev–Trinajstić information content (AvgIpc) is 3.21. The second kappa shape index (κ2) is 9.54. The zero-order chi connectivity index (χ0) is 19.1. The zero-order valence-corrected chi connectivity index (χ0v) is 15.6. The Balaban J connectivity index is 1.67. The molecule has 1 saturated carbocycles. The smallest absolute Gasteiger partial charge is 0.321 e. The molecular weight excluding hydrogens is 338 g/mol. The van der Waals surface area contributed by atoms with Crippen molar-refractivity contribution >= 4 is 23.8 Å². The van der Waals surface area contributed by atoms with E-state index in [1.807, 2.05) is 13.8 Å². The van der Waals surface area contributed by atoms with Crippen molar-refractivity contribution in [2.75, 3.05) is 19.7 Å². The lowest BCUT2D eigenvalue weighted by atomic mass is 10.1. The molecule has 0 aromatic heterocycles. The van der Waals surface area contributed by atoms with E-state index in [1.54, 1.807) is 4.90 Å². The maximum absolute atomic E-state index is 12.1. The Morgan fingerprint density at radius 2 is 1.92 bits per heavy atom. The highest BCUT2D eigenvalue weighted by Gasteiger charge is 2.39. The quantitative estimate of drug-likeness (QED) is 0.658. The van der Waals surface area contributed by atoms with Crippen LogP contribution in [0.15, 0.2) is 0 Å². The van der Waals surface area contributed by atoms with E-state index in [4.69, 9.17) is 4.74 Å². The number of amides is 4. The summed E-state index contributed by atoms with van der Waals surface area (Å²) in [4.78, 5) is 49.2. The number of imide groups is 1. The van der Waals surface area contributed by atoms with Crippen LogP contribution in [0.3, 0.4) is 0 Å². The van der Waals surface area contributed by atoms with Crippen LogP contribution in [0, 0.1) is 11.8 Å². The highest BCUT2D eigenvalue weighted by Crippen LogP contribution is 2.29. The number of rotatable bonds is 7. The van der Waals surface area contributed by atoms with Gasteiger partial charge in [0.1, 0.15) is 0 Å². The van der Waals surface area contributed by atoms with Gasteiger partial charge in [-0.3, -0.25) is 19.7 Å². The zero-order valence-electron chi connectivity index (χ0n) is 15.6. The lowest BCUT2D eigenvalue weighted by Crippen LogP contribution is -2.42. The van der Waals surface area contributed by atoms with Gasteiger partial charge in [-0.05, 0) is 25.2 Å². The fraction of sp³-hybridized carbons (Fsp3) is 0.778. The molecule has 2 N–H and O–H groups in total. The molecule has 146 valence electrons. The molecular formula is C18H29N3O5. The van der Waals surface area contributed by atoms with Crippen molar-refractivity contribution in [2.24, 2.45) is 11.8 Å². The maximum atomic E-state index is 12.1. The van der Waals surface area contributed by atoms with Gasteiger partial charge in [-0.15, -0.1) is 0 Å². The summed E-state index contributed by atoms with van der Waals surface area (Å²) < 4.78 is 4.98. The molecule has 0 unspecified atom stereocenters. The van der Waals surface area contributed by atoms with Gasteiger partial charge in [0, 0.05) is 25.6 Å². The fourth-order valence-electron chi connectivity index (χ4n) is 3.39. The molecule has 0 spiro atoms. The van der Waals surface area contributed by atoms with E-state index >= 15 is 0 Å². The molecule has 8 nitrogen and oxygen atoms in total. The summed E-state index contributed by atoms with van der Waals surface area (Å²) in [6.45, 7) is 4.37. The maximum Gasteiger partial charge on any atom is 0.321 e. The number of hydrogen-bond donors (Lipinski definition) is 2. The third kappa shape index (κ3) is 6.00. The van der Waals surface area contributed by atoms with Crippen LogP contribution in [0.1, 0.15) is 52.4 Å². The van der Waals surface area contributed by atoms with Crippen LogP contribution in [0.25, 0.3) is 0 Å². The first-order chi connectivity index (χ1) is 12.4. The first-order valence-electron chi connectivity index (χ1n) is 9.40. The third-order valence-electron chi connectivity index (χ3n) is 4.86. The number of ether oxygens (including phenoxy) is 1. The third-order valence-corrected chi connectivity index (χ3v) is 4.86. The molecule has 8 heteroatoms. The number of carbonyl (C=O) groups excluding carboxylic acids is 4. The predicted molar refractivity (Wildman–Crippen MR) is 94.0 cm³/mol. The van der Waals surface area contributed by atoms with Gasteiger partial charge < -0.3 is 15.0 Å². The Bertz CT molecular complexity index is 543. The Kier molecular flexibility index (Phi) is 7.41. The number of nitrogens with zero attached hydrogens (tertiary/aromatic N) is 1. The molecule has 0 bridgehead atoms. The summed E-state index contributed by atoms with van der Waals surface area (Å²) >= 11 is 0. The van der Waals surface area contributed by atoms with Crippen molar-refractivity contribution < 1.29 is 23.9 Å². The molecule has 1 saturated heterocycles. The van der Waals surface area contributed by atoms with E-state index in [2.05, 4.69) is 10.6 Å². The molecule has 2 fully saturated rings. The van der Waals surface area contributed by atoms with E-state index in [0.29, 0.717) is 19.0 Å². The topological polar surface area (TPSA) is 105 Å². The summed E-state index contributed by atoms with van der Waals surface area (Å²) in [5.74, 6) is -1.35. The van der Waals surface area contributed by atoms with Crippen molar-refractivity contribution in [1.29, 1.82) is 0 Å². The predicted octanol–water partition coefficient (Wildman–Crippen LogP) is 1.19. The van der Waals surface area contributed by atoms with Gasteiger partial charge in [-0.25, -0.2) is 4.79 Å². The van der Waals surface area contributed by atoms with Gasteiger partial charge in [0.2, 0.25) is 5.91 Å². The summed E-state index contributed by atoms with van der Waals surface area (Å²) in [5.41, 5.74) is 0. The first-order valence-corrected chi connectivity index (χ1v) is 9.40. The minimum Gasteiger partial charge on any atom is -0.455 e. The standard InChI is InChI=1S/C18H29N3O5/c1-12(2)7-8-19-18(25)20-15(22)11-26-17(24)13-9-16(23)21(10-13)14-5-3-4-6-14/h12-14H,3-11H2,1-2H3,(H2,19,20,22,25)/t13-/m1/s1. The highest BCUT2D eigenvalue weighted by molar-refractivity contribution is 5.96. The van der Waals surface area contributed by atoms with Gasteiger partial charge in [0.15, 0.2) is 6.61 Å². The minimum atomic E-state index is -0.683. The number of urea groups is 1. The molecule has 0 aromatic carbocycles. The fourth-order valence-corrected chi connectivity index (χ4v) is 3.39. The Labute approximate surface area is 154 Å². The van der Waals surface area contributed by atoms with Gasteiger partial charge in [-0.1, -0.05) is 26.7 Å². The van der Waals surface area contributed by atoms with Crippen LogP contribution in [-0.2, 0) is 19.1 Å². The van der Waals surface area contributed by atoms with Gasteiger partial charge in [-0.2, -0.15) is 0 Å². The number of hydrogen-bond acceptors (Lipinski definition) is 5. The van der Waals surface area contributed by atoms with Crippen molar-refractivity contribution in [2.45, 2.75) is 58.4 Å². The summed E-state index contributed by atoms with van der Waals surface area (Å²) in [5, 5.41) is 4.69. The van der Waals surface area contributed by atoms with E-state index in [1.165, 1.54) is 0 Å². The molecule has 2 rings (SSSR count). The second-order valence-electron chi connectivity index (χ2n) is 7.48. The van der Waals surface area contributed by atoms with Gasteiger partial charge >= 0.3 is 12.0 Å². The highest BCUT2D eigenvalue weighted by atomic mass is 16.5. The van der Waals surface area contributed by atoms with E-state index in [9.17, 15) is 19.2 Å². The van der Waals surface area contributed by atoms with Crippen LogP contribution >= 0.6 is 0 Å². The van der Waals surface area contributed by atoms with Crippen LogP contribution < -0.4 is 10.6 Å². The minimum absolute atomic E-state index is 0.0205. The van der Waals surface area contributed by atoms with Crippen molar-refractivity contribution in [3.63, 3.8) is 0 Å². The van der Waals surface area contributed by atoms with Gasteiger partial charge in [0.25, 0.3) is 5.91 Å².